The Kier molecular flexibility index (Phi) is 6.97. The van der Waals surface area contributed by atoms with Gasteiger partial charge >= 0.3 is 6.03 Å². The molecule has 0 aromatic heterocycles. The molecule has 0 spiro atoms. The topological polar surface area (TPSA) is 76.2 Å². The first-order valence-electron chi connectivity index (χ1n) is 10.8. The summed E-state index contributed by atoms with van der Waals surface area (Å²) < 4.78 is 0. The lowest BCUT2D eigenvalue weighted by atomic mass is 10.0. The highest BCUT2D eigenvalue weighted by Gasteiger charge is 2.50. The van der Waals surface area contributed by atoms with E-state index in [9.17, 15) is 14.4 Å². The SMILES string of the molecule is CCCNC(=O)N1C2CN(Cc3ccccc3C)C(=O)[C@H](CCC)N2C(=O)CN1C. The number of amides is 4. The van der Waals surface area contributed by atoms with Gasteiger partial charge < -0.3 is 15.1 Å². The summed E-state index contributed by atoms with van der Waals surface area (Å²) in [5.74, 6) is -0.146. The van der Waals surface area contributed by atoms with Gasteiger partial charge in [-0.15, -0.1) is 0 Å². The first-order chi connectivity index (χ1) is 14.4. The number of urea groups is 1. The summed E-state index contributed by atoms with van der Waals surface area (Å²) in [6.45, 7) is 7.45. The summed E-state index contributed by atoms with van der Waals surface area (Å²) in [5, 5.41) is 6.19. The molecular weight excluding hydrogens is 382 g/mol. The van der Waals surface area contributed by atoms with Crippen molar-refractivity contribution < 1.29 is 14.4 Å². The molecule has 1 unspecified atom stereocenters. The van der Waals surface area contributed by atoms with E-state index in [-0.39, 0.29) is 24.4 Å². The van der Waals surface area contributed by atoms with Gasteiger partial charge in [-0.05, 0) is 30.9 Å². The standard InChI is InChI=1S/C22H33N5O3/c1-5-9-18-21(29)25(13-17-11-8-7-10-16(17)3)14-19-26(18)20(28)15-24(4)27(19)22(30)23-12-6-2/h7-8,10-11,18-19H,5-6,9,12-15H2,1-4H3,(H,23,30)/t18-,19?/m0/s1. The van der Waals surface area contributed by atoms with Gasteiger partial charge in [0.05, 0.1) is 13.1 Å². The van der Waals surface area contributed by atoms with Crippen LogP contribution in [0.5, 0.6) is 0 Å². The van der Waals surface area contributed by atoms with E-state index in [1.54, 1.807) is 26.9 Å². The number of likely N-dealkylation sites (N-methyl/N-ethyl adjacent to an activating group) is 1. The second-order valence-corrected chi connectivity index (χ2v) is 8.12. The van der Waals surface area contributed by atoms with Crippen LogP contribution >= 0.6 is 0 Å². The molecule has 1 aromatic carbocycles. The molecule has 4 amide bonds. The maximum absolute atomic E-state index is 13.4. The number of nitrogens with zero attached hydrogens (tertiary/aromatic N) is 4. The highest BCUT2D eigenvalue weighted by atomic mass is 16.2. The van der Waals surface area contributed by atoms with Gasteiger partial charge in [0.1, 0.15) is 12.2 Å². The molecule has 164 valence electrons. The third-order valence-corrected chi connectivity index (χ3v) is 5.86. The van der Waals surface area contributed by atoms with Crippen molar-refractivity contribution in [2.75, 3.05) is 26.7 Å². The summed E-state index contributed by atoms with van der Waals surface area (Å²) in [5.41, 5.74) is 2.20. The Morgan fingerprint density at radius 3 is 2.57 bits per heavy atom. The molecule has 8 heteroatoms. The lowest BCUT2D eigenvalue weighted by molar-refractivity contribution is -0.188. The number of aryl methyl sites for hydroxylation is 1. The van der Waals surface area contributed by atoms with Crippen molar-refractivity contribution in [3.63, 3.8) is 0 Å². The van der Waals surface area contributed by atoms with Crippen LogP contribution in [0.2, 0.25) is 0 Å². The number of fused-ring (bicyclic) bond motifs is 1. The van der Waals surface area contributed by atoms with Crippen molar-refractivity contribution in [1.29, 1.82) is 0 Å². The zero-order valence-electron chi connectivity index (χ0n) is 18.4. The number of benzene rings is 1. The highest BCUT2D eigenvalue weighted by Crippen LogP contribution is 2.29. The molecule has 0 bridgehead atoms. The van der Waals surface area contributed by atoms with Crippen molar-refractivity contribution in [1.82, 2.24) is 25.1 Å². The predicted octanol–water partition coefficient (Wildman–Crippen LogP) is 1.94. The number of carbonyl (C=O) groups is 3. The molecule has 0 saturated carbocycles. The number of hydrogen-bond donors (Lipinski definition) is 1. The summed E-state index contributed by atoms with van der Waals surface area (Å²) in [6.07, 6.45) is 1.68. The van der Waals surface area contributed by atoms with Crippen LogP contribution in [-0.2, 0) is 16.1 Å². The maximum Gasteiger partial charge on any atom is 0.333 e. The van der Waals surface area contributed by atoms with E-state index in [0.29, 0.717) is 26.1 Å². The van der Waals surface area contributed by atoms with Crippen LogP contribution in [0.4, 0.5) is 4.79 Å². The maximum atomic E-state index is 13.4. The molecule has 2 heterocycles. The van der Waals surface area contributed by atoms with Gasteiger partial charge in [-0.1, -0.05) is 44.5 Å². The number of piperazine rings is 1. The van der Waals surface area contributed by atoms with Crippen LogP contribution in [0.15, 0.2) is 24.3 Å². The van der Waals surface area contributed by atoms with E-state index in [4.69, 9.17) is 0 Å². The van der Waals surface area contributed by atoms with Crippen molar-refractivity contribution in [2.45, 2.75) is 58.8 Å². The van der Waals surface area contributed by atoms with Gasteiger partial charge in [0.2, 0.25) is 11.8 Å². The van der Waals surface area contributed by atoms with Crippen molar-refractivity contribution in [3.05, 3.63) is 35.4 Å². The van der Waals surface area contributed by atoms with E-state index >= 15 is 0 Å². The van der Waals surface area contributed by atoms with Crippen LogP contribution < -0.4 is 5.32 Å². The number of rotatable bonds is 6. The zero-order valence-corrected chi connectivity index (χ0v) is 18.4. The summed E-state index contributed by atoms with van der Waals surface area (Å²) >= 11 is 0. The average Bonchev–Trinajstić information content (AvgIpc) is 2.71. The van der Waals surface area contributed by atoms with Crippen molar-refractivity contribution >= 4 is 17.8 Å². The van der Waals surface area contributed by atoms with Gasteiger partial charge in [0.15, 0.2) is 0 Å². The minimum absolute atomic E-state index is 0.0387. The van der Waals surface area contributed by atoms with Crippen LogP contribution in [0.1, 0.15) is 44.2 Å². The fourth-order valence-electron chi connectivity index (χ4n) is 4.30. The summed E-state index contributed by atoms with van der Waals surface area (Å²) in [6, 6.07) is 7.22. The van der Waals surface area contributed by atoms with Crippen LogP contribution in [-0.4, -0.2) is 76.6 Å². The normalized spacial score (nSPS) is 22.3. The molecule has 1 aromatic rings. The first-order valence-corrected chi connectivity index (χ1v) is 10.8. The Balaban J connectivity index is 1.93. The summed E-state index contributed by atoms with van der Waals surface area (Å²) in [4.78, 5) is 42.7. The largest absolute Gasteiger partial charge is 0.337 e. The molecule has 3 rings (SSSR count). The molecule has 2 saturated heterocycles. The Hall–Kier alpha value is -2.61. The number of hydrazine groups is 1. The molecule has 1 N–H and O–H groups in total. The predicted molar refractivity (Wildman–Crippen MR) is 114 cm³/mol. The van der Waals surface area contributed by atoms with Gasteiger partial charge in [-0.3, -0.25) is 9.59 Å². The van der Waals surface area contributed by atoms with Gasteiger partial charge in [-0.25, -0.2) is 14.8 Å². The molecule has 2 aliphatic heterocycles. The number of nitrogens with one attached hydrogen (secondary N) is 1. The van der Waals surface area contributed by atoms with Gasteiger partial charge in [-0.2, -0.15) is 0 Å². The molecule has 30 heavy (non-hydrogen) atoms. The summed E-state index contributed by atoms with van der Waals surface area (Å²) in [7, 11) is 1.75. The monoisotopic (exact) mass is 415 g/mol. The Morgan fingerprint density at radius 2 is 1.90 bits per heavy atom. The van der Waals surface area contributed by atoms with Crippen LogP contribution in [0.3, 0.4) is 0 Å². The number of hydrogen-bond acceptors (Lipinski definition) is 4. The highest BCUT2D eigenvalue weighted by molar-refractivity contribution is 5.91. The molecular formula is C22H33N5O3. The van der Waals surface area contributed by atoms with Crippen LogP contribution in [0, 0.1) is 6.92 Å². The average molecular weight is 416 g/mol. The zero-order chi connectivity index (χ0) is 21.8. The second-order valence-electron chi connectivity index (χ2n) is 8.12. The van der Waals surface area contributed by atoms with E-state index < -0.39 is 12.2 Å². The lowest BCUT2D eigenvalue weighted by Gasteiger charge is -2.54. The molecule has 0 radical (unpaired) electrons. The molecule has 2 atom stereocenters. The van der Waals surface area contributed by atoms with Gasteiger partial charge in [0, 0.05) is 20.1 Å². The number of carbonyl (C=O) groups excluding carboxylic acids is 3. The third-order valence-electron chi connectivity index (χ3n) is 5.86. The second kappa shape index (κ2) is 9.47. The first kappa shape index (κ1) is 22.1. The van der Waals surface area contributed by atoms with Crippen LogP contribution in [0.25, 0.3) is 0 Å². The molecule has 2 aliphatic rings. The fraction of sp³-hybridized carbons (Fsp3) is 0.591. The van der Waals surface area contributed by atoms with E-state index in [0.717, 1.165) is 24.0 Å². The fourth-order valence-corrected chi connectivity index (χ4v) is 4.30. The van der Waals surface area contributed by atoms with E-state index in [1.165, 1.54) is 0 Å². The minimum Gasteiger partial charge on any atom is -0.337 e. The van der Waals surface area contributed by atoms with Crippen molar-refractivity contribution in [2.24, 2.45) is 0 Å². The Bertz CT molecular complexity index is 799. The van der Waals surface area contributed by atoms with Crippen molar-refractivity contribution in [3.8, 4) is 0 Å². The lowest BCUT2D eigenvalue weighted by Crippen LogP contribution is -2.75. The van der Waals surface area contributed by atoms with E-state index in [2.05, 4.69) is 5.32 Å². The third kappa shape index (κ3) is 4.28. The molecule has 8 nitrogen and oxygen atoms in total. The van der Waals surface area contributed by atoms with Gasteiger partial charge in [0.25, 0.3) is 0 Å². The minimum atomic E-state index is -0.541. The molecule has 2 fully saturated rings. The molecule has 0 aliphatic carbocycles. The Morgan fingerprint density at radius 1 is 1.17 bits per heavy atom. The smallest absolute Gasteiger partial charge is 0.333 e. The van der Waals surface area contributed by atoms with E-state index in [1.807, 2.05) is 45.0 Å². The Labute approximate surface area is 178 Å². The quantitative estimate of drug-likeness (QED) is 0.771.